The molecule has 0 saturated carbocycles. The number of nitrogens with zero attached hydrogens (tertiary/aromatic N) is 2. The lowest BCUT2D eigenvalue weighted by Gasteiger charge is -2.08. The fraction of sp³-hybridized carbons (Fsp3) is 0.0800. The van der Waals surface area contributed by atoms with Gasteiger partial charge in [-0.3, -0.25) is 4.79 Å². The second-order valence-electron chi connectivity index (χ2n) is 7.21. The molecule has 0 aliphatic carbocycles. The fourth-order valence-corrected chi connectivity index (χ4v) is 3.76. The van der Waals surface area contributed by atoms with Gasteiger partial charge in [0.1, 0.15) is 11.1 Å². The van der Waals surface area contributed by atoms with Gasteiger partial charge in [-0.2, -0.15) is 0 Å². The van der Waals surface area contributed by atoms with Crippen LogP contribution in [0.3, 0.4) is 0 Å². The van der Waals surface area contributed by atoms with Crippen molar-refractivity contribution in [3.8, 4) is 0 Å². The van der Waals surface area contributed by atoms with E-state index >= 15 is 0 Å². The predicted molar refractivity (Wildman–Crippen MR) is 121 cm³/mol. The van der Waals surface area contributed by atoms with Gasteiger partial charge in [0.2, 0.25) is 5.82 Å². The van der Waals surface area contributed by atoms with Crippen molar-refractivity contribution >= 4 is 39.6 Å². The normalized spacial score (nSPS) is 11.1. The van der Waals surface area contributed by atoms with E-state index in [1.807, 2.05) is 72.8 Å². The highest BCUT2D eigenvalue weighted by molar-refractivity contribution is 6.31. The van der Waals surface area contributed by atoms with Crippen LogP contribution in [0.2, 0.25) is 5.02 Å². The lowest BCUT2D eigenvalue weighted by Crippen LogP contribution is -2.25. The number of hydrogen-bond donors (Lipinski definition) is 1. The van der Waals surface area contributed by atoms with E-state index in [0.717, 1.165) is 22.1 Å². The molecule has 0 radical (unpaired) electrons. The van der Waals surface area contributed by atoms with Crippen LogP contribution in [0, 0.1) is 0 Å². The second kappa shape index (κ2) is 8.20. The molecule has 0 atom stereocenters. The van der Waals surface area contributed by atoms with Gasteiger partial charge >= 0.3 is 0 Å². The zero-order valence-electron chi connectivity index (χ0n) is 16.5. The van der Waals surface area contributed by atoms with Gasteiger partial charge in [0, 0.05) is 23.4 Å². The summed E-state index contributed by atoms with van der Waals surface area (Å²) in [7, 11) is 0. The fourth-order valence-electron chi connectivity index (χ4n) is 3.55. The van der Waals surface area contributed by atoms with E-state index in [1.165, 1.54) is 0 Å². The van der Waals surface area contributed by atoms with E-state index < -0.39 is 0 Å². The van der Waals surface area contributed by atoms with Gasteiger partial charge in [-0.05, 0) is 29.3 Å². The van der Waals surface area contributed by atoms with E-state index in [0.29, 0.717) is 34.8 Å². The Morgan fingerprint density at radius 1 is 0.903 bits per heavy atom. The summed E-state index contributed by atoms with van der Waals surface area (Å²) in [6.07, 6.45) is 0.532. The van der Waals surface area contributed by atoms with Crippen molar-refractivity contribution < 1.29 is 9.21 Å². The Kier molecular flexibility index (Phi) is 5.10. The minimum Gasteiger partial charge on any atom is -0.452 e. The number of fused-ring (bicyclic) bond motifs is 3. The third-order valence-electron chi connectivity index (χ3n) is 5.10. The molecular weight excluding hydrogens is 410 g/mol. The molecule has 0 aliphatic heterocycles. The van der Waals surface area contributed by atoms with Gasteiger partial charge in [0.05, 0.1) is 5.69 Å². The van der Waals surface area contributed by atoms with E-state index in [2.05, 4.69) is 15.3 Å². The quantitative estimate of drug-likeness (QED) is 0.399. The monoisotopic (exact) mass is 427 g/mol. The maximum absolute atomic E-state index is 12.9. The third-order valence-corrected chi connectivity index (χ3v) is 5.47. The molecule has 152 valence electrons. The molecule has 6 heteroatoms. The van der Waals surface area contributed by atoms with Gasteiger partial charge in [-0.25, -0.2) is 9.97 Å². The Hall–Kier alpha value is -3.70. The number of rotatable bonds is 5. The standard InChI is InChI=1S/C25H18ClN3O2/c26-19-12-6-4-10-17(19)15-27-25(30)24-28-20(14-16-8-2-1-3-9-16)23-22(29-24)18-11-5-7-13-21(18)31-23/h1-13H,14-15H2,(H,27,30). The molecule has 5 aromatic rings. The lowest BCUT2D eigenvalue weighted by atomic mass is 10.1. The molecule has 2 heterocycles. The summed E-state index contributed by atoms with van der Waals surface area (Å²) < 4.78 is 6.06. The predicted octanol–water partition coefficient (Wildman–Crippen LogP) is 5.55. The Morgan fingerprint density at radius 3 is 2.48 bits per heavy atom. The molecule has 3 aromatic carbocycles. The number of benzene rings is 3. The number of hydrogen-bond acceptors (Lipinski definition) is 4. The van der Waals surface area contributed by atoms with Crippen molar-refractivity contribution in [2.24, 2.45) is 0 Å². The number of halogens is 1. The van der Waals surface area contributed by atoms with E-state index in [1.54, 1.807) is 6.07 Å². The molecule has 1 amide bonds. The van der Waals surface area contributed by atoms with E-state index in [4.69, 9.17) is 16.0 Å². The Morgan fingerprint density at radius 2 is 1.65 bits per heavy atom. The van der Waals surface area contributed by atoms with Gasteiger partial charge in [0.15, 0.2) is 5.58 Å². The van der Waals surface area contributed by atoms with Crippen LogP contribution in [0.25, 0.3) is 22.1 Å². The highest BCUT2D eigenvalue weighted by atomic mass is 35.5. The first kappa shape index (κ1) is 19.3. The van der Waals surface area contributed by atoms with Crippen LogP contribution in [-0.2, 0) is 13.0 Å². The number of furan rings is 1. The number of amides is 1. The molecule has 0 unspecified atom stereocenters. The minimum atomic E-state index is -0.360. The topological polar surface area (TPSA) is 68.0 Å². The maximum Gasteiger partial charge on any atom is 0.289 e. The average Bonchev–Trinajstić information content (AvgIpc) is 3.18. The van der Waals surface area contributed by atoms with Crippen LogP contribution in [0.5, 0.6) is 0 Å². The zero-order chi connectivity index (χ0) is 21.2. The molecule has 5 nitrogen and oxygen atoms in total. The number of carbonyl (C=O) groups excluding carboxylic acids is 1. The van der Waals surface area contributed by atoms with Crippen LogP contribution in [0.4, 0.5) is 0 Å². The molecule has 0 saturated heterocycles. The number of para-hydroxylation sites is 1. The van der Waals surface area contributed by atoms with Crippen LogP contribution >= 0.6 is 11.6 Å². The molecule has 2 aromatic heterocycles. The smallest absolute Gasteiger partial charge is 0.289 e. The summed E-state index contributed by atoms with van der Waals surface area (Å²) in [5, 5.41) is 4.33. The Balaban J connectivity index is 1.55. The van der Waals surface area contributed by atoms with Crippen molar-refractivity contribution in [2.45, 2.75) is 13.0 Å². The summed E-state index contributed by atoms with van der Waals surface area (Å²) in [6.45, 7) is 0.292. The first-order valence-electron chi connectivity index (χ1n) is 9.93. The summed E-state index contributed by atoms with van der Waals surface area (Å²) in [6, 6.07) is 25.0. The van der Waals surface area contributed by atoms with Crippen LogP contribution < -0.4 is 5.32 Å². The molecule has 0 bridgehead atoms. The Labute approximate surface area is 183 Å². The van der Waals surface area contributed by atoms with Gasteiger partial charge in [0.25, 0.3) is 5.91 Å². The lowest BCUT2D eigenvalue weighted by molar-refractivity contribution is 0.0940. The largest absolute Gasteiger partial charge is 0.452 e. The highest BCUT2D eigenvalue weighted by Crippen LogP contribution is 2.30. The molecule has 0 spiro atoms. The molecule has 0 aliphatic rings. The van der Waals surface area contributed by atoms with E-state index in [-0.39, 0.29) is 11.7 Å². The number of nitrogens with one attached hydrogen (secondary N) is 1. The molecular formula is C25H18ClN3O2. The minimum absolute atomic E-state index is 0.108. The average molecular weight is 428 g/mol. The first-order valence-corrected chi connectivity index (χ1v) is 10.3. The van der Waals surface area contributed by atoms with Crippen molar-refractivity contribution in [1.29, 1.82) is 0 Å². The van der Waals surface area contributed by atoms with Crippen molar-refractivity contribution in [2.75, 3.05) is 0 Å². The van der Waals surface area contributed by atoms with Crippen molar-refractivity contribution in [1.82, 2.24) is 15.3 Å². The number of aromatic nitrogens is 2. The molecule has 1 N–H and O–H groups in total. The highest BCUT2D eigenvalue weighted by Gasteiger charge is 2.19. The van der Waals surface area contributed by atoms with Gasteiger partial charge in [-0.15, -0.1) is 0 Å². The summed E-state index contributed by atoms with van der Waals surface area (Å²) in [5.41, 5.74) is 4.54. The summed E-state index contributed by atoms with van der Waals surface area (Å²) in [5.74, 6) is -0.251. The second-order valence-corrected chi connectivity index (χ2v) is 7.61. The van der Waals surface area contributed by atoms with Crippen LogP contribution in [-0.4, -0.2) is 15.9 Å². The third kappa shape index (κ3) is 3.88. The number of carbonyl (C=O) groups is 1. The summed E-state index contributed by atoms with van der Waals surface area (Å²) in [4.78, 5) is 22.1. The SMILES string of the molecule is O=C(NCc1ccccc1Cl)c1nc(Cc2ccccc2)c2oc3ccccc3c2n1. The Bertz CT molecular complexity index is 1400. The van der Waals surface area contributed by atoms with Crippen LogP contribution in [0.15, 0.2) is 83.3 Å². The van der Waals surface area contributed by atoms with Crippen molar-refractivity contribution in [3.63, 3.8) is 0 Å². The molecule has 0 fully saturated rings. The maximum atomic E-state index is 12.9. The molecule has 5 rings (SSSR count). The van der Waals surface area contributed by atoms with Crippen LogP contribution in [0.1, 0.15) is 27.4 Å². The summed E-state index contributed by atoms with van der Waals surface area (Å²) >= 11 is 6.20. The zero-order valence-corrected chi connectivity index (χ0v) is 17.3. The van der Waals surface area contributed by atoms with E-state index in [9.17, 15) is 4.79 Å². The first-order chi connectivity index (χ1) is 15.2. The van der Waals surface area contributed by atoms with Crippen molar-refractivity contribution in [3.05, 3.63) is 107 Å². The van der Waals surface area contributed by atoms with Gasteiger partial charge < -0.3 is 9.73 Å². The van der Waals surface area contributed by atoms with Gasteiger partial charge in [-0.1, -0.05) is 72.3 Å². The molecule has 31 heavy (non-hydrogen) atoms.